The highest BCUT2D eigenvalue weighted by Crippen LogP contribution is 2.29. The maximum Gasteiger partial charge on any atom is 0.435 e. The average molecular weight is 327 g/mol. The first-order chi connectivity index (χ1) is 10.8. The lowest BCUT2D eigenvalue weighted by Crippen LogP contribution is -2.32. The smallest absolute Gasteiger partial charge is 0.340 e. The average Bonchev–Trinajstić information content (AvgIpc) is 3.16. The predicted octanol–water partition coefficient (Wildman–Crippen LogP) is 1.95. The fourth-order valence-electron chi connectivity index (χ4n) is 2.83. The largest absolute Gasteiger partial charge is 0.435 e. The minimum absolute atomic E-state index is 0.185. The van der Waals surface area contributed by atoms with Crippen LogP contribution in [0.1, 0.15) is 29.3 Å². The lowest BCUT2D eigenvalue weighted by atomic mass is 10.0. The van der Waals surface area contributed by atoms with Crippen LogP contribution in [-0.2, 0) is 17.5 Å². The van der Waals surface area contributed by atoms with E-state index in [2.05, 4.69) is 15.3 Å². The number of aromatic nitrogens is 4. The topological polar surface area (TPSA) is 66.8 Å². The van der Waals surface area contributed by atoms with Crippen molar-refractivity contribution in [3.63, 3.8) is 0 Å². The molecule has 9 heteroatoms. The van der Waals surface area contributed by atoms with E-state index in [9.17, 15) is 18.0 Å². The van der Waals surface area contributed by atoms with Crippen molar-refractivity contribution in [1.82, 2.24) is 24.9 Å². The Balaban J connectivity index is 1.61. The number of alkyl halides is 3. The minimum Gasteiger partial charge on any atom is -0.340 e. The second-order valence-electron chi connectivity index (χ2n) is 5.69. The summed E-state index contributed by atoms with van der Waals surface area (Å²) in [6.45, 7) is 2.88. The van der Waals surface area contributed by atoms with Crippen molar-refractivity contribution in [1.29, 1.82) is 0 Å². The Kier molecular flexibility index (Phi) is 3.87. The van der Waals surface area contributed by atoms with Crippen molar-refractivity contribution in [3.05, 3.63) is 35.4 Å². The SMILES string of the molecule is Cc1cn[nH]c1[C@@H]1CCN(C(=O)Cn2ccc(C(F)(F)F)n2)C1. The third-order valence-electron chi connectivity index (χ3n) is 4.05. The van der Waals surface area contributed by atoms with Crippen molar-refractivity contribution < 1.29 is 18.0 Å². The van der Waals surface area contributed by atoms with Gasteiger partial charge in [-0.3, -0.25) is 14.6 Å². The Morgan fingerprint density at radius 3 is 2.87 bits per heavy atom. The quantitative estimate of drug-likeness (QED) is 0.937. The number of aryl methyl sites for hydroxylation is 1. The highest BCUT2D eigenvalue weighted by molar-refractivity contribution is 5.76. The van der Waals surface area contributed by atoms with Crippen molar-refractivity contribution in [2.75, 3.05) is 13.1 Å². The molecule has 23 heavy (non-hydrogen) atoms. The molecule has 0 aliphatic carbocycles. The molecule has 1 aliphatic heterocycles. The van der Waals surface area contributed by atoms with Gasteiger partial charge in [-0.1, -0.05) is 0 Å². The van der Waals surface area contributed by atoms with Gasteiger partial charge in [-0.2, -0.15) is 23.4 Å². The third-order valence-corrected chi connectivity index (χ3v) is 4.05. The molecule has 0 bridgehead atoms. The summed E-state index contributed by atoms with van der Waals surface area (Å²) in [6, 6.07) is 0.869. The number of H-pyrrole nitrogens is 1. The number of rotatable bonds is 3. The van der Waals surface area contributed by atoms with Crippen LogP contribution in [0.5, 0.6) is 0 Å². The van der Waals surface area contributed by atoms with E-state index in [1.807, 2.05) is 6.92 Å². The zero-order valence-corrected chi connectivity index (χ0v) is 12.5. The van der Waals surface area contributed by atoms with Crippen molar-refractivity contribution in [2.24, 2.45) is 0 Å². The lowest BCUT2D eigenvalue weighted by Gasteiger charge is -2.16. The normalized spacial score (nSPS) is 18.6. The van der Waals surface area contributed by atoms with E-state index < -0.39 is 11.9 Å². The Hall–Kier alpha value is -2.32. The summed E-state index contributed by atoms with van der Waals surface area (Å²) in [5.74, 6) is -0.0497. The number of nitrogens with zero attached hydrogens (tertiary/aromatic N) is 4. The Morgan fingerprint density at radius 1 is 1.48 bits per heavy atom. The molecule has 0 radical (unpaired) electrons. The first-order valence-corrected chi connectivity index (χ1v) is 7.23. The van der Waals surface area contributed by atoms with Gasteiger partial charge >= 0.3 is 6.18 Å². The van der Waals surface area contributed by atoms with Gasteiger partial charge in [0.25, 0.3) is 0 Å². The van der Waals surface area contributed by atoms with E-state index in [0.717, 1.165) is 28.4 Å². The van der Waals surface area contributed by atoms with E-state index in [0.29, 0.717) is 13.1 Å². The van der Waals surface area contributed by atoms with E-state index >= 15 is 0 Å². The number of carbonyl (C=O) groups excluding carboxylic acids is 1. The summed E-state index contributed by atoms with van der Waals surface area (Å²) in [5.41, 5.74) is 1.07. The summed E-state index contributed by atoms with van der Waals surface area (Å²) in [5, 5.41) is 10.3. The van der Waals surface area contributed by atoms with Gasteiger partial charge in [-0.15, -0.1) is 0 Å². The number of likely N-dealkylation sites (tertiary alicyclic amines) is 1. The number of amides is 1. The van der Waals surface area contributed by atoms with Gasteiger partial charge < -0.3 is 4.90 Å². The van der Waals surface area contributed by atoms with Crippen LogP contribution in [0.15, 0.2) is 18.5 Å². The Morgan fingerprint density at radius 2 is 2.26 bits per heavy atom. The van der Waals surface area contributed by atoms with Crippen LogP contribution >= 0.6 is 0 Å². The molecule has 2 aromatic heterocycles. The number of aromatic amines is 1. The maximum atomic E-state index is 12.5. The Bertz CT molecular complexity index is 705. The molecule has 3 rings (SSSR count). The predicted molar refractivity (Wildman–Crippen MR) is 74.5 cm³/mol. The monoisotopic (exact) mass is 327 g/mol. The second-order valence-corrected chi connectivity index (χ2v) is 5.69. The van der Waals surface area contributed by atoms with Crippen LogP contribution in [0, 0.1) is 6.92 Å². The molecule has 3 heterocycles. The van der Waals surface area contributed by atoms with Gasteiger partial charge in [-0.25, -0.2) is 0 Å². The molecule has 6 nitrogen and oxygen atoms in total. The van der Waals surface area contributed by atoms with Crippen molar-refractivity contribution >= 4 is 5.91 Å². The zero-order valence-electron chi connectivity index (χ0n) is 12.5. The number of halogens is 3. The van der Waals surface area contributed by atoms with Gasteiger partial charge in [0.1, 0.15) is 6.54 Å². The highest BCUT2D eigenvalue weighted by atomic mass is 19.4. The number of carbonyl (C=O) groups is 1. The molecule has 1 amide bonds. The third kappa shape index (κ3) is 3.22. The molecular formula is C14H16F3N5O. The summed E-state index contributed by atoms with van der Waals surface area (Å²) in [6.07, 6.45) is -0.775. The van der Waals surface area contributed by atoms with Crippen LogP contribution in [0.2, 0.25) is 0 Å². The fraction of sp³-hybridized carbons (Fsp3) is 0.500. The summed E-state index contributed by atoms with van der Waals surface area (Å²) in [4.78, 5) is 13.9. The fourth-order valence-corrected chi connectivity index (χ4v) is 2.83. The molecule has 1 aliphatic rings. The molecule has 1 saturated heterocycles. The zero-order chi connectivity index (χ0) is 16.6. The van der Waals surface area contributed by atoms with Crippen molar-refractivity contribution in [3.8, 4) is 0 Å². The van der Waals surface area contributed by atoms with Crippen LogP contribution < -0.4 is 0 Å². The summed E-state index contributed by atoms with van der Waals surface area (Å²) >= 11 is 0. The molecule has 0 unspecified atom stereocenters. The molecular weight excluding hydrogens is 311 g/mol. The maximum absolute atomic E-state index is 12.5. The van der Waals surface area contributed by atoms with Crippen LogP contribution in [0.3, 0.4) is 0 Å². The van der Waals surface area contributed by atoms with E-state index in [-0.39, 0.29) is 18.4 Å². The molecule has 0 spiro atoms. The standard InChI is InChI=1S/C14H16F3N5O/c1-9-6-18-19-13(9)10-2-4-21(7-10)12(23)8-22-5-3-11(20-22)14(15,16)17/h3,5-6,10H,2,4,7-8H2,1H3,(H,18,19)/t10-/m1/s1. The van der Waals surface area contributed by atoms with Crippen molar-refractivity contribution in [2.45, 2.75) is 32.0 Å². The molecule has 2 aromatic rings. The summed E-state index contributed by atoms with van der Waals surface area (Å²) in [7, 11) is 0. The van der Waals surface area contributed by atoms with Gasteiger partial charge in [0.15, 0.2) is 5.69 Å². The van der Waals surface area contributed by atoms with Gasteiger partial charge in [0.2, 0.25) is 5.91 Å². The minimum atomic E-state index is -4.49. The second kappa shape index (κ2) is 5.71. The Labute approximate surface area is 130 Å². The highest BCUT2D eigenvalue weighted by Gasteiger charge is 2.34. The molecule has 0 saturated carbocycles. The molecule has 1 atom stereocenters. The molecule has 1 fully saturated rings. The van der Waals surface area contributed by atoms with Gasteiger partial charge in [-0.05, 0) is 25.0 Å². The van der Waals surface area contributed by atoms with Crippen LogP contribution in [-0.4, -0.2) is 43.9 Å². The van der Waals surface area contributed by atoms with E-state index in [4.69, 9.17) is 0 Å². The summed E-state index contributed by atoms with van der Waals surface area (Å²) < 4.78 is 38.5. The van der Waals surface area contributed by atoms with Gasteiger partial charge in [0, 0.05) is 30.9 Å². The molecule has 0 aromatic carbocycles. The number of hydrogen-bond donors (Lipinski definition) is 1. The molecule has 124 valence electrons. The van der Waals surface area contributed by atoms with Crippen LogP contribution in [0.4, 0.5) is 13.2 Å². The first-order valence-electron chi connectivity index (χ1n) is 7.23. The number of hydrogen-bond acceptors (Lipinski definition) is 3. The van der Waals surface area contributed by atoms with Gasteiger partial charge in [0.05, 0.1) is 6.20 Å². The van der Waals surface area contributed by atoms with Crippen LogP contribution in [0.25, 0.3) is 0 Å². The van der Waals surface area contributed by atoms with E-state index in [1.54, 1.807) is 11.1 Å². The molecule has 1 N–H and O–H groups in total. The lowest BCUT2D eigenvalue weighted by molar-refractivity contribution is -0.142. The first kappa shape index (κ1) is 15.6. The van der Waals surface area contributed by atoms with E-state index in [1.165, 1.54) is 6.20 Å². The number of nitrogens with one attached hydrogen (secondary N) is 1.